The SMILES string of the molecule is CCCN(CC)c1cccc(-c2ccc3c(n2)N(C(=O)Nc2ccnc(C)c2)CCCO3)c1. The van der Waals surface area contributed by atoms with Crippen molar-refractivity contribution in [3.8, 4) is 17.0 Å². The molecule has 0 spiro atoms. The van der Waals surface area contributed by atoms with E-state index in [4.69, 9.17) is 9.72 Å². The first-order valence-corrected chi connectivity index (χ1v) is 11.6. The number of hydrogen-bond donors (Lipinski definition) is 1. The standard InChI is InChI=1S/C26H31N5O2/c1-4-14-30(5-2)22-9-6-8-20(18-22)23-10-11-24-25(29-23)31(15-7-16-33-24)26(32)28-21-12-13-27-19(3)17-21/h6,8-13,17-18H,4-5,7,14-16H2,1-3H3,(H,27,28,32). The molecule has 3 aromatic rings. The molecular weight excluding hydrogens is 414 g/mol. The van der Waals surface area contributed by atoms with Crippen LogP contribution in [0.5, 0.6) is 5.75 Å². The molecule has 0 unspecified atom stereocenters. The third-order valence-corrected chi connectivity index (χ3v) is 5.65. The second-order valence-corrected chi connectivity index (χ2v) is 8.12. The van der Waals surface area contributed by atoms with Gasteiger partial charge in [-0.3, -0.25) is 9.88 Å². The molecule has 0 saturated carbocycles. The fraction of sp³-hybridized carbons (Fsp3) is 0.346. The van der Waals surface area contributed by atoms with E-state index in [0.717, 1.165) is 42.9 Å². The van der Waals surface area contributed by atoms with Gasteiger partial charge in [0, 0.05) is 48.5 Å². The molecular formula is C26H31N5O2. The minimum Gasteiger partial charge on any atom is -0.490 e. The molecule has 4 rings (SSSR count). The normalized spacial score (nSPS) is 13.0. The molecule has 7 heteroatoms. The summed E-state index contributed by atoms with van der Waals surface area (Å²) in [5, 5.41) is 2.97. The van der Waals surface area contributed by atoms with Crippen molar-refractivity contribution in [2.45, 2.75) is 33.6 Å². The summed E-state index contributed by atoms with van der Waals surface area (Å²) >= 11 is 0. The molecule has 1 aliphatic heterocycles. The van der Waals surface area contributed by atoms with Gasteiger partial charge in [-0.15, -0.1) is 0 Å². The fourth-order valence-electron chi connectivity index (χ4n) is 4.03. The first-order chi connectivity index (χ1) is 16.1. The van der Waals surface area contributed by atoms with Crippen molar-refractivity contribution in [3.63, 3.8) is 0 Å². The number of pyridine rings is 2. The van der Waals surface area contributed by atoms with Gasteiger partial charge in [0.2, 0.25) is 0 Å². The highest BCUT2D eigenvalue weighted by molar-refractivity contribution is 6.02. The average molecular weight is 446 g/mol. The monoisotopic (exact) mass is 445 g/mol. The van der Waals surface area contributed by atoms with Crippen molar-refractivity contribution >= 4 is 23.2 Å². The van der Waals surface area contributed by atoms with E-state index in [1.54, 1.807) is 17.2 Å². The van der Waals surface area contributed by atoms with E-state index in [0.29, 0.717) is 30.4 Å². The molecule has 2 aromatic heterocycles. The zero-order valence-electron chi connectivity index (χ0n) is 19.5. The molecule has 1 aliphatic rings. The minimum absolute atomic E-state index is 0.231. The first-order valence-electron chi connectivity index (χ1n) is 11.6. The van der Waals surface area contributed by atoms with E-state index < -0.39 is 0 Å². The highest BCUT2D eigenvalue weighted by Gasteiger charge is 2.25. The third kappa shape index (κ3) is 5.25. The van der Waals surface area contributed by atoms with Crippen molar-refractivity contribution in [1.29, 1.82) is 0 Å². The number of nitrogens with zero attached hydrogens (tertiary/aromatic N) is 4. The Balaban J connectivity index is 1.65. The van der Waals surface area contributed by atoms with Gasteiger partial charge in [-0.1, -0.05) is 19.1 Å². The predicted molar refractivity (Wildman–Crippen MR) is 133 cm³/mol. The molecule has 1 N–H and O–H groups in total. The lowest BCUT2D eigenvalue weighted by atomic mass is 10.1. The van der Waals surface area contributed by atoms with Gasteiger partial charge in [0.1, 0.15) is 0 Å². The van der Waals surface area contributed by atoms with Crippen LogP contribution < -0.4 is 19.9 Å². The van der Waals surface area contributed by atoms with Gasteiger partial charge in [-0.05, 0) is 63.1 Å². The first kappa shape index (κ1) is 22.6. The zero-order chi connectivity index (χ0) is 23.2. The summed E-state index contributed by atoms with van der Waals surface area (Å²) in [5.74, 6) is 1.16. The molecule has 0 aliphatic carbocycles. The van der Waals surface area contributed by atoms with Crippen LogP contribution in [0.3, 0.4) is 0 Å². The molecule has 3 heterocycles. The van der Waals surface area contributed by atoms with Gasteiger partial charge < -0.3 is 15.0 Å². The zero-order valence-corrected chi connectivity index (χ0v) is 19.5. The minimum atomic E-state index is -0.231. The lowest BCUT2D eigenvalue weighted by molar-refractivity contribution is 0.256. The predicted octanol–water partition coefficient (Wildman–Crippen LogP) is 5.51. The van der Waals surface area contributed by atoms with Gasteiger partial charge >= 0.3 is 6.03 Å². The highest BCUT2D eigenvalue weighted by atomic mass is 16.5. The molecule has 2 amide bonds. The number of aryl methyl sites for hydroxylation is 1. The van der Waals surface area contributed by atoms with Gasteiger partial charge in [0.05, 0.1) is 12.3 Å². The molecule has 0 bridgehead atoms. The van der Waals surface area contributed by atoms with E-state index in [1.165, 1.54) is 5.69 Å². The summed E-state index contributed by atoms with van der Waals surface area (Å²) in [6, 6.07) is 15.7. The number of carbonyl (C=O) groups excluding carboxylic acids is 1. The number of amides is 2. The van der Waals surface area contributed by atoms with E-state index in [-0.39, 0.29) is 6.03 Å². The number of rotatable bonds is 6. The Hall–Kier alpha value is -3.61. The van der Waals surface area contributed by atoms with Crippen LogP contribution in [0.15, 0.2) is 54.7 Å². The van der Waals surface area contributed by atoms with E-state index in [1.807, 2.05) is 25.1 Å². The summed E-state index contributed by atoms with van der Waals surface area (Å²) in [6.45, 7) is 9.28. The Bertz CT molecular complexity index is 1120. The number of ether oxygens (including phenoxy) is 1. The summed E-state index contributed by atoms with van der Waals surface area (Å²) in [6.07, 6.45) is 3.51. The van der Waals surface area contributed by atoms with Crippen molar-refractivity contribution in [1.82, 2.24) is 9.97 Å². The van der Waals surface area contributed by atoms with E-state index >= 15 is 0 Å². The van der Waals surface area contributed by atoms with Gasteiger partial charge in [-0.25, -0.2) is 9.78 Å². The Labute approximate surface area is 195 Å². The molecule has 0 radical (unpaired) electrons. The molecule has 1 aromatic carbocycles. The van der Waals surface area contributed by atoms with Gasteiger partial charge in [0.25, 0.3) is 0 Å². The summed E-state index contributed by atoms with van der Waals surface area (Å²) in [4.78, 5) is 26.3. The van der Waals surface area contributed by atoms with Crippen LogP contribution in [0.4, 0.5) is 22.0 Å². The summed E-state index contributed by atoms with van der Waals surface area (Å²) in [7, 11) is 0. The number of nitrogens with one attached hydrogen (secondary N) is 1. The molecule has 33 heavy (non-hydrogen) atoms. The van der Waals surface area contributed by atoms with Crippen LogP contribution in [0.1, 0.15) is 32.4 Å². The van der Waals surface area contributed by atoms with Crippen LogP contribution in [0, 0.1) is 6.92 Å². The topological polar surface area (TPSA) is 70.6 Å². The maximum atomic E-state index is 13.2. The number of anilines is 3. The highest BCUT2D eigenvalue weighted by Crippen LogP contribution is 2.33. The third-order valence-electron chi connectivity index (χ3n) is 5.65. The number of urea groups is 1. The van der Waals surface area contributed by atoms with E-state index in [2.05, 4.69) is 53.3 Å². The van der Waals surface area contributed by atoms with Crippen molar-refractivity contribution in [3.05, 3.63) is 60.4 Å². The Morgan fingerprint density at radius 3 is 2.85 bits per heavy atom. The van der Waals surface area contributed by atoms with Crippen molar-refractivity contribution in [2.75, 3.05) is 41.4 Å². The maximum absolute atomic E-state index is 13.2. The molecule has 0 fully saturated rings. The van der Waals surface area contributed by atoms with Crippen LogP contribution in [-0.2, 0) is 0 Å². The van der Waals surface area contributed by atoms with Gasteiger partial charge in [-0.2, -0.15) is 0 Å². The van der Waals surface area contributed by atoms with Crippen molar-refractivity contribution in [2.24, 2.45) is 0 Å². The molecule has 7 nitrogen and oxygen atoms in total. The largest absolute Gasteiger partial charge is 0.490 e. The second-order valence-electron chi connectivity index (χ2n) is 8.12. The summed E-state index contributed by atoms with van der Waals surface area (Å²) < 4.78 is 5.90. The molecule has 0 atom stereocenters. The number of carbonyl (C=O) groups is 1. The Morgan fingerprint density at radius 2 is 2.06 bits per heavy atom. The lowest BCUT2D eigenvalue weighted by Gasteiger charge is -2.23. The second kappa shape index (κ2) is 10.3. The Morgan fingerprint density at radius 1 is 1.18 bits per heavy atom. The number of fused-ring (bicyclic) bond motifs is 1. The number of aromatic nitrogens is 2. The number of hydrogen-bond acceptors (Lipinski definition) is 5. The molecule has 0 saturated heterocycles. The smallest absolute Gasteiger partial charge is 0.327 e. The number of benzene rings is 1. The van der Waals surface area contributed by atoms with Crippen LogP contribution >= 0.6 is 0 Å². The quantitative estimate of drug-likeness (QED) is 0.542. The fourth-order valence-corrected chi connectivity index (χ4v) is 4.03. The summed E-state index contributed by atoms with van der Waals surface area (Å²) in [5.41, 5.74) is 4.55. The van der Waals surface area contributed by atoms with Gasteiger partial charge in [0.15, 0.2) is 11.6 Å². The van der Waals surface area contributed by atoms with Crippen LogP contribution in [0.2, 0.25) is 0 Å². The van der Waals surface area contributed by atoms with Crippen LogP contribution in [0.25, 0.3) is 11.3 Å². The average Bonchev–Trinajstić information content (AvgIpc) is 3.04. The Kier molecular flexibility index (Phi) is 7.07. The molecule has 172 valence electrons. The lowest BCUT2D eigenvalue weighted by Crippen LogP contribution is -2.36. The van der Waals surface area contributed by atoms with Crippen LogP contribution in [-0.4, -0.2) is 42.2 Å². The van der Waals surface area contributed by atoms with Crippen molar-refractivity contribution < 1.29 is 9.53 Å². The maximum Gasteiger partial charge on any atom is 0.327 e. The van der Waals surface area contributed by atoms with E-state index in [9.17, 15) is 4.79 Å².